The molecule has 3 rings (SSSR count). The fraction of sp³-hybridized carbons (Fsp3) is 0.316. The van der Waals surface area contributed by atoms with Gasteiger partial charge in [0.15, 0.2) is 0 Å². The van der Waals surface area contributed by atoms with Crippen LogP contribution in [0.15, 0.2) is 53.0 Å². The SMILES string of the molecule is O=C(Nc1cccc(Cl)c1)C1CCN(S(=O)(=O)Cc2ccc(Br)cc2)CC1. The molecular formula is C19H20BrClN2O3S. The Hall–Kier alpha value is -1.41. The van der Waals surface area contributed by atoms with Crippen LogP contribution in [0.2, 0.25) is 5.02 Å². The average Bonchev–Trinajstić information content (AvgIpc) is 2.63. The molecular weight excluding hydrogens is 452 g/mol. The third-order valence-corrected chi connectivity index (χ3v) is 7.19. The molecule has 1 amide bonds. The first-order valence-corrected chi connectivity index (χ1v) is 11.4. The minimum atomic E-state index is -3.39. The summed E-state index contributed by atoms with van der Waals surface area (Å²) < 4.78 is 27.7. The van der Waals surface area contributed by atoms with Crippen molar-refractivity contribution in [2.24, 2.45) is 5.92 Å². The number of sulfonamides is 1. The molecule has 0 aliphatic carbocycles. The van der Waals surface area contributed by atoms with Crippen molar-refractivity contribution in [1.82, 2.24) is 4.31 Å². The maximum atomic E-state index is 12.6. The number of amides is 1. The van der Waals surface area contributed by atoms with E-state index >= 15 is 0 Å². The zero-order chi connectivity index (χ0) is 19.4. The first kappa shape index (κ1) is 20.3. The molecule has 1 heterocycles. The van der Waals surface area contributed by atoms with Gasteiger partial charge in [-0.05, 0) is 48.7 Å². The lowest BCUT2D eigenvalue weighted by Crippen LogP contribution is -2.41. The number of nitrogens with one attached hydrogen (secondary N) is 1. The van der Waals surface area contributed by atoms with Crippen LogP contribution >= 0.6 is 27.5 Å². The van der Waals surface area contributed by atoms with Gasteiger partial charge in [0.25, 0.3) is 0 Å². The number of rotatable bonds is 5. The number of nitrogens with zero attached hydrogens (tertiary/aromatic N) is 1. The quantitative estimate of drug-likeness (QED) is 0.708. The highest BCUT2D eigenvalue weighted by Crippen LogP contribution is 2.24. The fourth-order valence-corrected chi connectivity index (χ4v) is 5.11. The summed E-state index contributed by atoms with van der Waals surface area (Å²) in [5.74, 6) is -0.329. The molecule has 1 saturated heterocycles. The minimum absolute atomic E-state index is 0.0281. The Kier molecular flexibility index (Phi) is 6.57. The zero-order valence-corrected chi connectivity index (χ0v) is 17.7. The van der Waals surface area contributed by atoms with Crippen LogP contribution in [-0.2, 0) is 20.6 Å². The van der Waals surface area contributed by atoms with Crippen LogP contribution < -0.4 is 5.32 Å². The van der Waals surface area contributed by atoms with Crippen molar-refractivity contribution >= 4 is 49.1 Å². The summed E-state index contributed by atoms with van der Waals surface area (Å²) in [4.78, 5) is 12.4. The Labute approximate surface area is 172 Å². The van der Waals surface area contributed by atoms with Crippen LogP contribution in [0.4, 0.5) is 5.69 Å². The molecule has 5 nitrogen and oxygen atoms in total. The van der Waals surface area contributed by atoms with E-state index in [1.54, 1.807) is 36.4 Å². The third-order valence-electron chi connectivity index (χ3n) is 4.57. The van der Waals surface area contributed by atoms with Gasteiger partial charge in [0.05, 0.1) is 5.75 Å². The molecule has 0 saturated carbocycles. The summed E-state index contributed by atoms with van der Waals surface area (Å²) in [6, 6.07) is 14.2. The highest BCUT2D eigenvalue weighted by atomic mass is 79.9. The van der Waals surface area contributed by atoms with Gasteiger partial charge in [-0.1, -0.05) is 45.7 Å². The Morgan fingerprint density at radius 1 is 1.15 bits per heavy atom. The lowest BCUT2D eigenvalue weighted by atomic mass is 9.97. The molecule has 1 aliphatic heterocycles. The number of hydrogen-bond acceptors (Lipinski definition) is 3. The van der Waals surface area contributed by atoms with Gasteiger partial charge in [-0.15, -0.1) is 0 Å². The van der Waals surface area contributed by atoms with Gasteiger partial charge in [-0.2, -0.15) is 0 Å². The third kappa shape index (κ3) is 5.54. The number of halogens is 2. The van der Waals surface area contributed by atoms with Crippen LogP contribution in [0.3, 0.4) is 0 Å². The highest BCUT2D eigenvalue weighted by molar-refractivity contribution is 9.10. The van der Waals surface area contributed by atoms with Crippen LogP contribution in [-0.4, -0.2) is 31.7 Å². The fourth-order valence-electron chi connectivity index (χ4n) is 3.09. The van der Waals surface area contributed by atoms with E-state index in [0.717, 1.165) is 10.0 Å². The molecule has 0 aromatic heterocycles. The molecule has 27 heavy (non-hydrogen) atoms. The van der Waals surface area contributed by atoms with Crippen molar-refractivity contribution in [3.8, 4) is 0 Å². The second-order valence-corrected chi connectivity index (χ2v) is 9.88. The van der Waals surface area contributed by atoms with E-state index in [2.05, 4.69) is 21.2 Å². The summed E-state index contributed by atoms with van der Waals surface area (Å²) in [7, 11) is -3.39. The summed E-state index contributed by atoms with van der Waals surface area (Å²) in [6.45, 7) is 0.707. The van der Waals surface area contributed by atoms with Gasteiger partial charge in [-0.3, -0.25) is 4.79 Å². The van der Waals surface area contributed by atoms with Crippen molar-refractivity contribution in [2.75, 3.05) is 18.4 Å². The predicted octanol–water partition coefficient (Wildman–Crippen LogP) is 4.28. The lowest BCUT2D eigenvalue weighted by Gasteiger charge is -2.30. The normalized spacial score (nSPS) is 16.2. The van der Waals surface area contributed by atoms with Gasteiger partial charge in [0.1, 0.15) is 0 Å². The van der Waals surface area contributed by atoms with Crippen molar-refractivity contribution < 1.29 is 13.2 Å². The van der Waals surface area contributed by atoms with Gasteiger partial charge >= 0.3 is 0 Å². The van der Waals surface area contributed by atoms with Crippen molar-refractivity contribution in [1.29, 1.82) is 0 Å². The number of carbonyl (C=O) groups is 1. The molecule has 2 aromatic rings. The van der Waals surface area contributed by atoms with Gasteiger partial charge in [0, 0.05) is 34.2 Å². The van der Waals surface area contributed by atoms with E-state index < -0.39 is 10.0 Å². The largest absolute Gasteiger partial charge is 0.326 e. The maximum absolute atomic E-state index is 12.6. The van der Waals surface area contributed by atoms with E-state index in [1.807, 2.05) is 12.1 Å². The summed E-state index contributed by atoms with van der Waals surface area (Å²) in [5.41, 5.74) is 1.40. The molecule has 8 heteroatoms. The predicted molar refractivity (Wildman–Crippen MR) is 111 cm³/mol. The standard InChI is InChI=1S/C19H20BrClN2O3S/c20-16-6-4-14(5-7-16)13-27(25,26)23-10-8-15(9-11-23)19(24)22-18-3-1-2-17(21)12-18/h1-7,12,15H,8-11,13H2,(H,22,24). The second-order valence-electron chi connectivity index (χ2n) is 6.56. The second kappa shape index (κ2) is 8.73. The number of hydrogen-bond donors (Lipinski definition) is 1. The van der Waals surface area contributed by atoms with Crippen LogP contribution in [0.25, 0.3) is 0 Å². The molecule has 0 unspecified atom stereocenters. The van der Waals surface area contributed by atoms with Gasteiger partial charge in [0.2, 0.25) is 15.9 Å². The first-order valence-electron chi connectivity index (χ1n) is 8.62. The summed E-state index contributed by atoms with van der Waals surface area (Å²) >= 11 is 9.28. The molecule has 0 spiro atoms. The Balaban J connectivity index is 1.56. The maximum Gasteiger partial charge on any atom is 0.227 e. The molecule has 0 bridgehead atoms. The molecule has 144 valence electrons. The first-order chi connectivity index (χ1) is 12.8. The van der Waals surface area contributed by atoms with Gasteiger partial charge in [-0.25, -0.2) is 12.7 Å². The monoisotopic (exact) mass is 470 g/mol. The summed E-state index contributed by atoms with van der Waals surface area (Å²) in [6.07, 6.45) is 1.01. The van der Waals surface area contributed by atoms with Crippen LogP contribution in [0, 0.1) is 5.92 Å². The van der Waals surface area contributed by atoms with Crippen molar-refractivity contribution in [3.63, 3.8) is 0 Å². The molecule has 0 radical (unpaired) electrons. The van der Waals surface area contributed by atoms with Crippen LogP contribution in [0.5, 0.6) is 0 Å². The topological polar surface area (TPSA) is 66.5 Å². The van der Waals surface area contributed by atoms with E-state index in [1.165, 1.54) is 4.31 Å². The smallest absolute Gasteiger partial charge is 0.227 e. The molecule has 1 fully saturated rings. The van der Waals surface area contributed by atoms with Crippen molar-refractivity contribution in [3.05, 3.63) is 63.6 Å². The summed E-state index contributed by atoms with van der Waals surface area (Å²) in [5, 5.41) is 3.41. The van der Waals surface area contributed by atoms with Crippen LogP contribution in [0.1, 0.15) is 18.4 Å². The number of carbonyl (C=O) groups excluding carboxylic acids is 1. The van der Waals surface area contributed by atoms with E-state index in [4.69, 9.17) is 11.6 Å². The highest BCUT2D eigenvalue weighted by Gasteiger charge is 2.31. The van der Waals surface area contributed by atoms with Crippen molar-refractivity contribution in [2.45, 2.75) is 18.6 Å². The molecule has 1 aliphatic rings. The number of anilines is 1. The number of piperidine rings is 1. The average molecular weight is 472 g/mol. The molecule has 2 aromatic carbocycles. The zero-order valence-electron chi connectivity index (χ0n) is 14.6. The Morgan fingerprint density at radius 2 is 1.81 bits per heavy atom. The number of benzene rings is 2. The molecule has 0 atom stereocenters. The van der Waals surface area contributed by atoms with E-state index in [9.17, 15) is 13.2 Å². The minimum Gasteiger partial charge on any atom is -0.326 e. The van der Waals surface area contributed by atoms with Gasteiger partial charge < -0.3 is 5.32 Å². The Bertz CT molecular complexity index is 911. The molecule has 1 N–H and O–H groups in total. The Morgan fingerprint density at radius 3 is 2.44 bits per heavy atom. The van der Waals surface area contributed by atoms with E-state index in [-0.39, 0.29) is 17.6 Å². The lowest BCUT2D eigenvalue weighted by molar-refractivity contribution is -0.120. The van der Waals surface area contributed by atoms with E-state index in [0.29, 0.717) is 36.6 Å².